The highest BCUT2D eigenvalue weighted by Gasteiger charge is 2.21. The molecule has 2 aromatic carbocycles. The fourth-order valence-corrected chi connectivity index (χ4v) is 2.97. The zero-order chi connectivity index (χ0) is 17.1. The van der Waals surface area contributed by atoms with Crippen molar-refractivity contribution >= 4 is 17.4 Å². The van der Waals surface area contributed by atoms with Crippen LogP contribution in [0.5, 0.6) is 5.75 Å². The van der Waals surface area contributed by atoms with Gasteiger partial charge >= 0.3 is 6.03 Å². The molecule has 24 heavy (non-hydrogen) atoms. The Morgan fingerprint density at radius 3 is 2.92 bits per heavy atom. The monoisotopic (exact) mass is 327 g/mol. The second-order valence-corrected chi connectivity index (χ2v) is 5.70. The Morgan fingerprint density at radius 2 is 2.17 bits per heavy atom. The molecule has 6 nitrogen and oxygen atoms in total. The van der Waals surface area contributed by atoms with E-state index in [2.05, 4.69) is 16.3 Å². The number of hydrogen-bond acceptors (Lipinski definition) is 4. The summed E-state index contributed by atoms with van der Waals surface area (Å²) in [5.74, 6) is 0.851. The number of benzene rings is 2. The van der Waals surface area contributed by atoms with Crippen molar-refractivity contribution < 1.29 is 14.7 Å². The maximum atomic E-state index is 11.5. The van der Waals surface area contributed by atoms with Gasteiger partial charge in [-0.3, -0.25) is 5.21 Å². The summed E-state index contributed by atoms with van der Waals surface area (Å²) in [4.78, 5) is 13.8. The average molecular weight is 327 g/mol. The number of urea groups is 1. The molecule has 2 aromatic rings. The summed E-state index contributed by atoms with van der Waals surface area (Å²) < 4.78 is 5.27. The molecule has 0 saturated heterocycles. The minimum Gasteiger partial charge on any atom is -0.497 e. The maximum Gasteiger partial charge on any atom is 0.345 e. The molecule has 1 aliphatic rings. The minimum absolute atomic E-state index is 0.469. The molecule has 2 amide bonds. The van der Waals surface area contributed by atoms with Crippen molar-refractivity contribution in [3.8, 4) is 5.75 Å². The molecular formula is C18H21N3O3. The van der Waals surface area contributed by atoms with E-state index in [4.69, 9.17) is 4.74 Å². The van der Waals surface area contributed by atoms with Crippen LogP contribution < -0.4 is 20.0 Å². The second-order valence-electron chi connectivity index (χ2n) is 5.70. The zero-order valence-corrected chi connectivity index (χ0v) is 13.8. The molecule has 126 valence electrons. The van der Waals surface area contributed by atoms with Crippen molar-refractivity contribution in [1.82, 2.24) is 5.32 Å². The number of hydroxylamine groups is 1. The summed E-state index contributed by atoms with van der Waals surface area (Å²) in [7, 11) is 3.15. The average Bonchev–Trinajstić information content (AvgIpc) is 3.02. The molecule has 3 rings (SSSR count). The van der Waals surface area contributed by atoms with E-state index < -0.39 is 6.03 Å². The molecule has 1 heterocycles. The maximum absolute atomic E-state index is 11.5. The SMILES string of the molecule is CNC(=O)N(O)c1ccc2c(c1)CCN2Cc1cccc(OC)c1. The number of nitrogens with zero attached hydrogens (tertiary/aromatic N) is 2. The van der Waals surface area contributed by atoms with Crippen LogP contribution in [-0.2, 0) is 13.0 Å². The number of ether oxygens (including phenoxy) is 1. The first-order valence-corrected chi connectivity index (χ1v) is 7.84. The number of rotatable bonds is 4. The van der Waals surface area contributed by atoms with Crippen molar-refractivity contribution in [2.45, 2.75) is 13.0 Å². The Kier molecular flexibility index (Phi) is 4.57. The highest BCUT2D eigenvalue weighted by Crippen LogP contribution is 2.32. The number of carbonyl (C=O) groups is 1. The third kappa shape index (κ3) is 3.14. The first kappa shape index (κ1) is 16.1. The van der Waals surface area contributed by atoms with Gasteiger partial charge in [-0.05, 0) is 47.9 Å². The summed E-state index contributed by atoms with van der Waals surface area (Å²) in [6.45, 7) is 1.70. The largest absolute Gasteiger partial charge is 0.497 e. The highest BCUT2D eigenvalue weighted by atomic mass is 16.5. The van der Waals surface area contributed by atoms with E-state index >= 15 is 0 Å². The summed E-state index contributed by atoms with van der Waals surface area (Å²) in [6.07, 6.45) is 0.884. The fourth-order valence-electron chi connectivity index (χ4n) is 2.97. The summed E-state index contributed by atoms with van der Waals surface area (Å²) in [5, 5.41) is 12.9. The van der Waals surface area contributed by atoms with Gasteiger partial charge in [-0.15, -0.1) is 0 Å². The van der Waals surface area contributed by atoms with Gasteiger partial charge in [0.25, 0.3) is 0 Å². The molecule has 0 saturated carbocycles. The van der Waals surface area contributed by atoms with E-state index in [-0.39, 0.29) is 0 Å². The van der Waals surface area contributed by atoms with Gasteiger partial charge in [-0.25, -0.2) is 4.79 Å². The molecule has 0 fully saturated rings. The predicted molar refractivity (Wildman–Crippen MR) is 92.9 cm³/mol. The number of fused-ring (bicyclic) bond motifs is 1. The van der Waals surface area contributed by atoms with Gasteiger partial charge in [0.05, 0.1) is 12.8 Å². The summed E-state index contributed by atoms with van der Waals surface area (Å²) in [5.41, 5.74) is 3.90. The second kappa shape index (κ2) is 6.80. The van der Waals surface area contributed by atoms with Gasteiger partial charge in [0.1, 0.15) is 5.75 Å². The summed E-state index contributed by atoms with van der Waals surface area (Å²) in [6, 6.07) is 13.0. The van der Waals surface area contributed by atoms with E-state index in [1.165, 1.54) is 12.6 Å². The van der Waals surface area contributed by atoms with E-state index in [9.17, 15) is 10.0 Å². The zero-order valence-electron chi connectivity index (χ0n) is 13.8. The molecular weight excluding hydrogens is 306 g/mol. The smallest absolute Gasteiger partial charge is 0.345 e. The van der Waals surface area contributed by atoms with Crippen molar-refractivity contribution in [3.63, 3.8) is 0 Å². The van der Waals surface area contributed by atoms with E-state index in [1.807, 2.05) is 30.3 Å². The Labute approximate surface area is 141 Å². The molecule has 0 aromatic heterocycles. The Balaban J connectivity index is 1.78. The van der Waals surface area contributed by atoms with Crippen molar-refractivity contribution in [2.75, 3.05) is 30.7 Å². The van der Waals surface area contributed by atoms with Gasteiger partial charge in [-0.2, -0.15) is 5.06 Å². The van der Waals surface area contributed by atoms with Crippen LogP contribution in [0.4, 0.5) is 16.2 Å². The molecule has 2 N–H and O–H groups in total. The molecule has 0 atom stereocenters. The lowest BCUT2D eigenvalue weighted by atomic mass is 10.1. The van der Waals surface area contributed by atoms with Gasteiger partial charge in [0.15, 0.2) is 0 Å². The van der Waals surface area contributed by atoms with Crippen molar-refractivity contribution in [1.29, 1.82) is 0 Å². The Hall–Kier alpha value is -2.73. The van der Waals surface area contributed by atoms with Crippen LogP contribution in [0, 0.1) is 0 Å². The number of methoxy groups -OCH3 is 1. The number of nitrogens with one attached hydrogen (secondary N) is 1. The minimum atomic E-state index is -0.554. The number of anilines is 2. The molecule has 1 aliphatic heterocycles. The third-order valence-corrected chi connectivity index (χ3v) is 4.21. The van der Waals surface area contributed by atoms with Crippen LogP contribution in [0.15, 0.2) is 42.5 Å². The molecule has 0 unspecified atom stereocenters. The predicted octanol–water partition coefficient (Wildman–Crippen LogP) is 2.79. The van der Waals surface area contributed by atoms with Crippen LogP contribution >= 0.6 is 0 Å². The standard InChI is InChI=1S/C18H21N3O3/c1-19-18(22)21(23)15-6-7-17-14(11-15)8-9-20(17)12-13-4-3-5-16(10-13)24-2/h3-7,10-11,23H,8-9,12H2,1-2H3,(H,19,22). The van der Waals surface area contributed by atoms with Gasteiger partial charge in [-0.1, -0.05) is 12.1 Å². The number of amides is 2. The Morgan fingerprint density at radius 1 is 1.33 bits per heavy atom. The van der Waals surface area contributed by atoms with Gasteiger partial charge in [0.2, 0.25) is 0 Å². The van der Waals surface area contributed by atoms with Crippen LogP contribution in [0.3, 0.4) is 0 Å². The first-order valence-electron chi connectivity index (χ1n) is 7.84. The molecule has 6 heteroatoms. The van der Waals surface area contributed by atoms with Crippen LogP contribution in [0.2, 0.25) is 0 Å². The quantitative estimate of drug-likeness (QED) is 0.669. The van der Waals surface area contributed by atoms with E-state index in [1.54, 1.807) is 13.2 Å². The topological polar surface area (TPSA) is 65.0 Å². The number of hydrogen-bond donors (Lipinski definition) is 2. The number of carbonyl (C=O) groups excluding carboxylic acids is 1. The normalized spacial score (nSPS) is 12.7. The van der Waals surface area contributed by atoms with E-state index in [0.29, 0.717) is 10.8 Å². The van der Waals surface area contributed by atoms with Crippen LogP contribution in [0.1, 0.15) is 11.1 Å². The van der Waals surface area contributed by atoms with Gasteiger partial charge < -0.3 is 15.0 Å². The van der Waals surface area contributed by atoms with E-state index in [0.717, 1.165) is 36.5 Å². The van der Waals surface area contributed by atoms with Crippen LogP contribution in [-0.4, -0.2) is 31.9 Å². The Bertz CT molecular complexity index is 748. The highest BCUT2D eigenvalue weighted by molar-refractivity contribution is 5.89. The molecule has 0 radical (unpaired) electrons. The lowest BCUT2D eigenvalue weighted by Crippen LogP contribution is -2.35. The van der Waals surface area contributed by atoms with Crippen molar-refractivity contribution in [2.24, 2.45) is 0 Å². The lowest BCUT2D eigenvalue weighted by molar-refractivity contribution is 0.206. The first-order chi connectivity index (χ1) is 11.6. The fraction of sp³-hybridized carbons (Fsp3) is 0.278. The molecule has 0 bridgehead atoms. The van der Waals surface area contributed by atoms with Crippen molar-refractivity contribution in [3.05, 3.63) is 53.6 Å². The molecule has 0 spiro atoms. The van der Waals surface area contributed by atoms with Gasteiger partial charge in [0, 0.05) is 25.8 Å². The van der Waals surface area contributed by atoms with Crippen LogP contribution in [0.25, 0.3) is 0 Å². The third-order valence-electron chi connectivity index (χ3n) is 4.21. The lowest BCUT2D eigenvalue weighted by Gasteiger charge is -2.21. The summed E-state index contributed by atoms with van der Waals surface area (Å²) >= 11 is 0. The molecule has 0 aliphatic carbocycles.